The van der Waals surface area contributed by atoms with Gasteiger partial charge in [0.15, 0.2) is 0 Å². The zero-order valence-corrected chi connectivity index (χ0v) is 16.8. The highest BCUT2D eigenvalue weighted by atomic mass is 32.2. The van der Waals surface area contributed by atoms with E-state index in [2.05, 4.69) is 0 Å². The molecule has 2 atom stereocenters. The van der Waals surface area contributed by atoms with Gasteiger partial charge >= 0.3 is 5.51 Å². The number of fused-ring (bicyclic) bond motifs is 2. The molecule has 1 amide bonds. The van der Waals surface area contributed by atoms with E-state index in [4.69, 9.17) is 4.74 Å². The van der Waals surface area contributed by atoms with Crippen molar-refractivity contribution in [3.05, 3.63) is 59.2 Å². The summed E-state index contributed by atoms with van der Waals surface area (Å²) in [5.74, 6) is -0.289. The van der Waals surface area contributed by atoms with E-state index in [9.17, 15) is 31.5 Å². The number of amides is 1. The van der Waals surface area contributed by atoms with Crippen LogP contribution in [-0.2, 0) is 16.4 Å². The second-order valence-electron chi connectivity index (χ2n) is 7.83. The van der Waals surface area contributed by atoms with Crippen molar-refractivity contribution < 1.29 is 36.2 Å². The predicted octanol–water partition coefficient (Wildman–Crippen LogP) is 3.21. The second-order valence-corrected chi connectivity index (χ2v) is 9.78. The third kappa shape index (κ3) is 2.97. The standard InChI is InChI=1S/C20H18F3NO5S/c1-19(2)17(25)16(24-10-11-5-3-4-6-13(11)18(24)26)14-9-12(7-8-15(14)29-19)30(27,28)20(21,22)23/h3-9,16-17,25H,10H2,1-2H3/t16-,17+/m1/s1. The highest BCUT2D eigenvalue weighted by Gasteiger charge is 2.51. The molecule has 2 heterocycles. The summed E-state index contributed by atoms with van der Waals surface area (Å²) in [6, 6.07) is 8.49. The minimum Gasteiger partial charge on any atom is -0.485 e. The highest BCUT2D eigenvalue weighted by Crippen LogP contribution is 2.46. The number of ether oxygens (including phenoxy) is 1. The van der Waals surface area contributed by atoms with Gasteiger partial charge in [-0.05, 0) is 43.7 Å². The van der Waals surface area contributed by atoms with Crippen molar-refractivity contribution in [2.24, 2.45) is 0 Å². The van der Waals surface area contributed by atoms with Gasteiger partial charge in [0, 0.05) is 17.7 Å². The Bertz CT molecular complexity index is 1140. The number of hydrogen-bond acceptors (Lipinski definition) is 5. The third-order valence-electron chi connectivity index (χ3n) is 5.48. The lowest BCUT2D eigenvalue weighted by Gasteiger charge is -2.45. The van der Waals surface area contributed by atoms with Crippen LogP contribution in [-0.4, -0.2) is 41.5 Å². The van der Waals surface area contributed by atoms with Crippen LogP contribution >= 0.6 is 0 Å². The first-order valence-electron chi connectivity index (χ1n) is 9.06. The number of aliphatic hydroxyl groups excluding tert-OH is 1. The molecule has 0 radical (unpaired) electrons. The smallest absolute Gasteiger partial charge is 0.485 e. The van der Waals surface area contributed by atoms with E-state index in [1.807, 2.05) is 0 Å². The van der Waals surface area contributed by atoms with Crippen LogP contribution in [0, 0.1) is 0 Å². The fourth-order valence-electron chi connectivity index (χ4n) is 3.89. The molecule has 0 aliphatic carbocycles. The van der Waals surface area contributed by atoms with Gasteiger partial charge in [0.05, 0.1) is 10.9 Å². The summed E-state index contributed by atoms with van der Waals surface area (Å²) in [7, 11) is -5.61. The number of aliphatic hydroxyl groups is 1. The summed E-state index contributed by atoms with van der Waals surface area (Å²) in [6.07, 6.45) is -1.31. The van der Waals surface area contributed by atoms with Crippen molar-refractivity contribution in [2.75, 3.05) is 0 Å². The highest BCUT2D eigenvalue weighted by molar-refractivity contribution is 7.92. The van der Waals surface area contributed by atoms with E-state index in [0.29, 0.717) is 11.1 Å². The molecule has 2 aliphatic rings. The van der Waals surface area contributed by atoms with Crippen molar-refractivity contribution in [3.63, 3.8) is 0 Å². The van der Waals surface area contributed by atoms with Gasteiger partial charge in [-0.15, -0.1) is 0 Å². The summed E-state index contributed by atoms with van der Waals surface area (Å²) < 4.78 is 68.7. The van der Waals surface area contributed by atoms with Crippen LogP contribution in [0.2, 0.25) is 0 Å². The van der Waals surface area contributed by atoms with Crippen LogP contribution in [0.5, 0.6) is 5.75 Å². The lowest BCUT2D eigenvalue weighted by atomic mass is 9.85. The van der Waals surface area contributed by atoms with Crippen LogP contribution in [0.3, 0.4) is 0 Å². The largest absolute Gasteiger partial charge is 0.501 e. The van der Waals surface area contributed by atoms with Crippen molar-refractivity contribution >= 4 is 15.7 Å². The molecule has 2 aliphatic heterocycles. The molecule has 2 aromatic carbocycles. The van der Waals surface area contributed by atoms with E-state index in [1.54, 1.807) is 38.1 Å². The first-order valence-corrected chi connectivity index (χ1v) is 10.5. The number of carbonyl (C=O) groups is 1. The number of halogens is 3. The van der Waals surface area contributed by atoms with Crippen LogP contribution in [0.1, 0.15) is 41.4 Å². The fraction of sp³-hybridized carbons (Fsp3) is 0.350. The first-order chi connectivity index (χ1) is 13.8. The van der Waals surface area contributed by atoms with Gasteiger partial charge in [0.25, 0.3) is 15.7 Å². The number of benzene rings is 2. The van der Waals surface area contributed by atoms with Crippen LogP contribution in [0.15, 0.2) is 47.4 Å². The molecule has 0 spiro atoms. The number of alkyl halides is 3. The van der Waals surface area contributed by atoms with Crippen molar-refractivity contribution in [2.45, 2.75) is 48.5 Å². The molecule has 0 fully saturated rings. The minimum atomic E-state index is -5.61. The van der Waals surface area contributed by atoms with Crippen LogP contribution < -0.4 is 4.74 Å². The Morgan fingerprint density at radius 2 is 1.83 bits per heavy atom. The Morgan fingerprint density at radius 1 is 1.17 bits per heavy atom. The van der Waals surface area contributed by atoms with E-state index < -0.39 is 43.9 Å². The Balaban J connectivity index is 1.86. The van der Waals surface area contributed by atoms with Gasteiger partial charge in [0.2, 0.25) is 0 Å². The van der Waals surface area contributed by atoms with E-state index >= 15 is 0 Å². The van der Waals surface area contributed by atoms with E-state index in [-0.39, 0.29) is 17.9 Å². The predicted molar refractivity (Wildman–Crippen MR) is 99.5 cm³/mol. The van der Waals surface area contributed by atoms with E-state index in [0.717, 1.165) is 18.2 Å². The maximum Gasteiger partial charge on any atom is 0.501 e. The zero-order chi connectivity index (χ0) is 22.1. The molecule has 1 N–H and O–H groups in total. The number of nitrogens with zero attached hydrogens (tertiary/aromatic N) is 1. The molecular formula is C20H18F3NO5S. The molecule has 30 heavy (non-hydrogen) atoms. The molecule has 0 bridgehead atoms. The molecule has 0 saturated carbocycles. The Hall–Kier alpha value is -2.59. The average Bonchev–Trinajstić information content (AvgIpc) is 2.98. The summed E-state index contributed by atoms with van der Waals surface area (Å²) in [5, 5.41) is 11.0. The number of carbonyl (C=O) groups excluding carboxylic acids is 1. The summed E-state index contributed by atoms with van der Waals surface area (Å²) in [5.41, 5.74) is -5.51. The topological polar surface area (TPSA) is 83.9 Å². The van der Waals surface area contributed by atoms with Crippen molar-refractivity contribution in [1.29, 1.82) is 0 Å². The molecule has 0 unspecified atom stereocenters. The Labute approximate surface area is 170 Å². The normalized spacial score (nSPS) is 23.0. The summed E-state index contributed by atoms with van der Waals surface area (Å²) >= 11 is 0. The van der Waals surface area contributed by atoms with Gasteiger partial charge in [-0.2, -0.15) is 13.2 Å². The second kappa shape index (κ2) is 6.45. The van der Waals surface area contributed by atoms with Gasteiger partial charge < -0.3 is 14.7 Å². The van der Waals surface area contributed by atoms with Crippen LogP contribution in [0.25, 0.3) is 0 Å². The zero-order valence-electron chi connectivity index (χ0n) is 16.0. The third-order valence-corrected chi connectivity index (χ3v) is 6.97. The number of hydrogen-bond donors (Lipinski definition) is 1. The molecular weight excluding hydrogens is 423 g/mol. The number of rotatable bonds is 2. The molecule has 0 saturated heterocycles. The van der Waals surface area contributed by atoms with E-state index in [1.165, 1.54) is 4.90 Å². The fourth-order valence-corrected chi connectivity index (χ4v) is 4.68. The molecule has 6 nitrogen and oxygen atoms in total. The molecule has 160 valence electrons. The quantitative estimate of drug-likeness (QED) is 0.774. The van der Waals surface area contributed by atoms with Gasteiger partial charge in [-0.25, -0.2) is 8.42 Å². The van der Waals surface area contributed by atoms with Gasteiger partial charge in [0.1, 0.15) is 17.5 Å². The lowest BCUT2D eigenvalue weighted by molar-refractivity contribution is -0.0869. The maximum absolute atomic E-state index is 13.1. The minimum absolute atomic E-state index is 0.00769. The molecule has 4 rings (SSSR count). The van der Waals surface area contributed by atoms with Gasteiger partial charge in [-0.3, -0.25) is 4.79 Å². The van der Waals surface area contributed by atoms with Crippen LogP contribution in [0.4, 0.5) is 13.2 Å². The molecule has 2 aromatic rings. The van der Waals surface area contributed by atoms with Crippen molar-refractivity contribution in [3.8, 4) is 5.75 Å². The molecule has 10 heteroatoms. The number of sulfone groups is 1. The Kier molecular flexibility index (Phi) is 4.45. The average molecular weight is 441 g/mol. The first kappa shape index (κ1) is 20.7. The SMILES string of the molecule is CC1(C)Oc2ccc(S(=O)(=O)C(F)(F)F)cc2[C@@H](N2Cc3ccccc3C2=O)[C@@H]1O. The maximum atomic E-state index is 13.1. The summed E-state index contributed by atoms with van der Waals surface area (Å²) in [6.45, 7) is 3.30. The monoisotopic (exact) mass is 441 g/mol. The lowest BCUT2D eigenvalue weighted by Crippen LogP contribution is -2.53. The Morgan fingerprint density at radius 3 is 2.47 bits per heavy atom. The van der Waals surface area contributed by atoms with Crippen molar-refractivity contribution in [1.82, 2.24) is 4.90 Å². The molecule has 0 aromatic heterocycles. The summed E-state index contributed by atoms with van der Waals surface area (Å²) in [4.78, 5) is 13.3. The van der Waals surface area contributed by atoms with Gasteiger partial charge in [-0.1, -0.05) is 18.2 Å².